The first kappa shape index (κ1) is 21.9. The zero-order valence-corrected chi connectivity index (χ0v) is 18.9. The molecule has 0 aromatic rings. The van der Waals surface area contributed by atoms with Gasteiger partial charge in [-0.05, 0) is 51.4 Å². The number of alkyl halides is 2. The average molecular weight is 413 g/mol. The van der Waals surface area contributed by atoms with Crippen LogP contribution in [0.3, 0.4) is 0 Å². The molecule has 0 spiro atoms. The molecule has 6 heteroatoms. The Kier molecular flexibility index (Phi) is 6.29. The molecule has 3 aliphatic heterocycles. The summed E-state index contributed by atoms with van der Waals surface area (Å²) >= 11 is 0. The molecular weight excluding hydrogens is 370 g/mol. The van der Waals surface area contributed by atoms with Gasteiger partial charge in [-0.2, -0.15) is 0 Å². The fourth-order valence-corrected chi connectivity index (χ4v) is 5.75. The summed E-state index contributed by atoms with van der Waals surface area (Å²) < 4.78 is 30.5. The highest BCUT2D eigenvalue weighted by Crippen LogP contribution is 2.49. The Morgan fingerprint density at radius 3 is 1.76 bits per heavy atom. The summed E-state index contributed by atoms with van der Waals surface area (Å²) in [6, 6.07) is 0.569. The van der Waals surface area contributed by atoms with E-state index in [4.69, 9.17) is 0 Å². The molecule has 0 aromatic carbocycles. The van der Waals surface area contributed by atoms with Gasteiger partial charge in [0.05, 0.1) is 0 Å². The van der Waals surface area contributed by atoms with Crippen molar-refractivity contribution in [2.24, 2.45) is 5.41 Å². The SMILES string of the molecule is CCC1(CN2CCC(F)(CN3CC(F)(CN4CCN(C(C)C)CC4)C3)CC2)CC1. The molecule has 0 bridgehead atoms. The molecule has 4 aliphatic rings. The standard InChI is InChI=1S/C23H42F2N4/c1-4-21(5-6-21)15-26-9-7-22(24,8-10-26)16-28-18-23(25,19-28)17-27-11-13-29(14-12-27)20(2)3/h20H,4-19H2,1-3H3. The zero-order chi connectivity index (χ0) is 20.7. The summed E-state index contributed by atoms with van der Waals surface area (Å²) in [6.45, 7) is 15.3. The van der Waals surface area contributed by atoms with Crippen molar-refractivity contribution in [3.8, 4) is 0 Å². The maximum absolute atomic E-state index is 15.4. The molecule has 0 aromatic heterocycles. The highest BCUT2D eigenvalue weighted by Gasteiger charge is 2.49. The fourth-order valence-electron chi connectivity index (χ4n) is 5.75. The van der Waals surface area contributed by atoms with E-state index in [1.165, 1.54) is 19.3 Å². The van der Waals surface area contributed by atoms with E-state index in [1.807, 2.05) is 4.90 Å². The van der Waals surface area contributed by atoms with E-state index in [9.17, 15) is 0 Å². The van der Waals surface area contributed by atoms with Gasteiger partial charge < -0.3 is 4.90 Å². The number of piperazine rings is 1. The first-order valence-electron chi connectivity index (χ1n) is 12.0. The summed E-state index contributed by atoms with van der Waals surface area (Å²) in [4.78, 5) is 9.22. The van der Waals surface area contributed by atoms with Crippen LogP contribution in [0.15, 0.2) is 0 Å². The van der Waals surface area contributed by atoms with Gasteiger partial charge in [0.15, 0.2) is 0 Å². The number of likely N-dealkylation sites (tertiary alicyclic amines) is 2. The van der Waals surface area contributed by atoms with Crippen molar-refractivity contribution in [3.63, 3.8) is 0 Å². The molecule has 4 rings (SSSR count). The van der Waals surface area contributed by atoms with Crippen molar-refractivity contribution in [1.29, 1.82) is 0 Å². The van der Waals surface area contributed by atoms with Gasteiger partial charge in [-0.15, -0.1) is 0 Å². The number of hydrogen-bond donors (Lipinski definition) is 0. The zero-order valence-electron chi connectivity index (χ0n) is 18.9. The Hall–Kier alpha value is -0.300. The van der Waals surface area contributed by atoms with Gasteiger partial charge >= 0.3 is 0 Å². The lowest BCUT2D eigenvalue weighted by Crippen LogP contribution is -2.67. The number of rotatable bonds is 8. The van der Waals surface area contributed by atoms with Gasteiger partial charge in [0, 0.05) is 78.0 Å². The molecule has 3 heterocycles. The van der Waals surface area contributed by atoms with Crippen LogP contribution in [0.5, 0.6) is 0 Å². The Morgan fingerprint density at radius 1 is 0.690 bits per heavy atom. The van der Waals surface area contributed by atoms with Crippen molar-refractivity contribution in [2.75, 3.05) is 72.0 Å². The predicted octanol–water partition coefficient (Wildman–Crippen LogP) is 3.03. The van der Waals surface area contributed by atoms with Gasteiger partial charge in [-0.25, -0.2) is 8.78 Å². The van der Waals surface area contributed by atoms with E-state index in [0.29, 0.717) is 50.5 Å². The topological polar surface area (TPSA) is 13.0 Å². The van der Waals surface area contributed by atoms with Crippen LogP contribution < -0.4 is 0 Å². The quantitative estimate of drug-likeness (QED) is 0.608. The predicted molar refractivity (Wildman–Crippen MR) is 115 cm³/mol. The maximum Gasteiger partial charge on any atom is 0.148 e. The van der Waals surface area contributed by atoms with Crippen LogP contribution in [0.2, 0.25) is 0 Å². The molecule has 0 N–H and O–H groups in total. The second-order valence-electron chi connectivity index (χ2n) is 11.0. The molecule has 4 nitrogen and oxygen atoms in total. The van der Waals surface area contributed by atoms with Crippen molar-refractivity contribution in [1.82, 2.24) is 19.6 Å². The van der Waals surface area contributed by atoms with Crippen molar-refractivity contribution in [3.05, 3.63) is 0 Å². The summed E-state index contributed by atoms with van der Waals surface area (Å²) in [5.74, 6) is 0. The number of hydrogen-bond acceptors (Lipinski definition) is 4. The minimum absolute atomic E-state index is 0.408. The average Bonchev–Trinajstić information content (AvgIpc) is 3.43. The van der Waals surface area contributed by atoms with Gasteiger partial charge in [-0.3, -0.25) is 14.7 Å². The molecule has 0 unspecified atom stereocenters. The van der Waals surface area contributed by atoms with Gasteiger partial charge in [-0.1, -0.05) is 6.92 Å². The van der Waals surface area contributed by atoms with Crippen molar-refractivity contribution in [2.45, 2.75) is 70.3 Å². The molecular formula is C23H42F2N4. The van der Waals surface area contributed by atoms with Crippen LogP contribution in [0.25, 0.3) is 0 Å². The molecule has 3 saturated heterocycles. The third-order valence-electron chi connectivity index (χ3n) is 8.18. The summed E-state index contributed by atoms with van der Waals surface area (Å²) in [7, 11) is 0. The van der Waals surface area contributed by atoms with E-state index < -0.39 is 11.3 Å². The minimum Gasteiger partial charge on any atom is -0.303 e. The highest BCUT2D eigenvalue weighted by molar-refractivity contribution is 5.03. The van der Waals surface area contributed by atoms with Crippen LogP contribution in [0, 0.1) is 5.41 Å². The first-order chi connectivity index (χ1) is 13.7. The maximum atomic E-state index is 15.4. The molecule has 0 atom stereocenters. The lowest BCUT2D eigenvalue weighted by atomic mass is 9.87. The normalized spacial score (nSPS) is 30.4. The van der Waals surface area contributed by atoms with Crippen LogP contribution in [0.4, 0.5) is 8.78 Å². The summed E-state index contributed by atoms with van der Waals surface area (Å²) in [5, 5.41) is 0. The Balaban J connectivity index is 1.16. The van der Waals surface area contributed by atoms with Gasteiger partial charge in [0.25, 0.3) is 0 Å². The Bertz CT molecular complexity index is 543. The third kappa shape index (κ3) is 5.31. The van der Waals surface area contributed by atoms with Crippen molar-refractivity contribution >= 4 is 0 Å². The Morgan fingerprint density at radius 2 is 1.24 bits per heavy atom. The molecule has 4 fully saturated rings. The van der Waals surface area contributed by atoms with E-state index in [2.05, 4.69) is 35.5 Å². The molecule has 1 aliphatic carbocycles. The first-order valence-corrected chi connectivity index (χ1v) is 12.0. The van der Waals surface area contributed by atoms with E-state index in [-0.39, 0.29) is 0 Å². The summed E-state index contributed by atoms with van der Waals surface area (Å²) in [5.41, 5.74) is -1.72. The molecule has 29 heavy (non-hydrogen) atoms. The second-order valence-corrected chi connectivity index (χ2v) is 11.0. The van der Waals surface area contributed by atoms with Crippen LogP contribution in [0.1, 0.15) is 52.9 Å². The smallest absolute Gasteiger partial charge is 0.148 e. The second kappa shape index (κ2) is 8.33. The van der Waals surface area contributed by atoms with Crippen LogP contribution in [-0.2, 0) is 0 Å². The van der Waals surface area contributed by atoms with Crippen LogP contribution >= 0.6 is 0 Å². The fraction of sp³-hybridized carbons (Fsp3) is 1.00. The lowest BCUT2D eigenvalue weighted by Gasteiger charge is -2.50. The molecule has 0 radical (unpaired) electrons. The van der Waals surface area contributed by atoms with Crippen LogP contribution in [-0.4, -0.2) is 109 Å². The molecule has 1 saturated carbocycles. The Labute approximate surface area is 176 Å². The highest BCUT2D eigenvalue weighted by atomic mass is 19.1. The van der Waals surface area contributed by atoms with E-state index in [0.717, 1.165) is 45.8 Å². The minimum atomic E-state index is -1.14. The molecule has 168 valence electrons. The monoisotopic (exact) mass is 412 g/mol. The number of halogens is 2. The van der Waals surface area contributed by atoms with Gasteiger partial charge in [0.2, 0.25) is 0 Å². The van der Waals surface area contributed by atoms with E-state index >= 15 is 8.78 Å². The van der Waals surface area contributed by atoms with E-state index in [1.54, 1.807) is 0 Å². The lowest BCUT2D eigenvalue weighted by molar-refractivity contribution is -0.0889. The molecule has 0 amide bonds. The third-order valence-corrected chi connectivity index (χ3v) is 8.18. The summed E-state index contributed by atoms with van der Waals surface area (Å²) in [6.07, 6.45) is 5.17. The van der Waals surface area contributed by atoms with Crippen molar-refractivity contribution < 1.29 is 8.78 Å². The number of nitrogens with zero attached hydrogens (tertiary/aromatic N) is 4. The van der Waals surface area contributed by atoms with Gasteiger partial charge in [0.1, 0.15) is 11.3 Å². The number of piperidine rings is 1. The largest absolute Gasteiger partial charge is 0.303 e.